The smallest absolute Gasteiger partial charge is 0.412 e. The maximum atomic E-state index is 13.2. The van der Waals surface area contributed by atoms with Gasteiger partial charge >= 0.3 is 12.1 Å². The number of aromatic nitrogens is 1. The number of amides is 2. The van der Waals surface area contributed by atoms with Gasteiger partial charge in [-0.15, -0.1) is 11.8 Å². The summed E-state index contributed by atoms with van der Waals surface area (Å²) in [6, 6.07) is 18.8. The van der Waals surface area contributed by atoms with Crippen LogP contribution in [0.3, 0.4) is 0 Å². The number of aliphatic carboxylic acids is 1. The predicted octanol–water partition coefficient (Wildman–Crippen LogP) is 4.10. The highest BCUT2D eigenvalue weighted by Gasteiger charge is 2.43. The number of benzene rings is 2. The Hall–Kier alpha value is -3.85. The minimum Gasteiger partial charge on any atom is -0.481 e. The van der Waals surface area contributed by atoms with E-state index in [-0.39, 0.29) is 24.3 Å². The molecule has 4 rings (SSSR count). The number of carboxylic acid groups (broad SMARTS) is 1. The molecule has 0 saturated carbocycles. The summed E-state index contributed by atoms with van der Waals surface area (Å²) in [6.07, 6.45) is 2.63. The largest absolute Gasteiger partial charge is 0.481 e. The number of thioether (sulfide) groups is 1. The van der Waals surface area contributed by atoms with Crippen molar-refractivity contribution in [3.05, 3.63) is 95.8 Å². The number of rotatable bonds is 7. The van der Waals surface area contributed by atoms with Crippen LogP contribution in [-0.4, -0.2) is 44.8 Å². The van der Waals surface area contributed by atoms with Crippen molar-refractivity contribution in [3.63, 3.8) is 0 Å². The second-order valence-electron chi connectivity index (χ2n) is 7.69. The van der Waals surface area contributed by atoms with Crippen molar-refractivity contribution in [1.82, 2.24) is 9.88 Å². The molecule has 3 aromatic rings. The fourth-order valence-electron chi connectivity index (χ4n) is 3.62. The molecule has 1 fully saturated rings. The standard InChI is InChI=1S/C25H23N3O5S/c29-22(30)14-17-6-8-20(9-7-17)27-23(31)21-16-34-24(19-10-12-26-13-11-19)28(21)25(32)33-15-18-4-2-1-3-5-18/h1-13,21,24H,14-16H2,(H,27,31)(H,29,30). The van der Waals surface area contributed by atoms with Crippen molar-refractivity contribution in [1.29, 1.82) is 0 Å². The zero-order chi connectivity index (χ0) is 23.9. The molecule has 1 saturated heterocycles. The Kier molecular flexibility index (Phi) is 7.44. The number of hydrogen-bond donors (Lipinski definition) is 2. The van der Waals surface area contributed by atoms with Crippen molar-refractivity contribution >= 4 is 35.4 Å². The number of pyridine rings is 1. The molecule has 2 unspecified atom stereocenters. The monoisotopic (exact) mass is 477 g/mol. The first-order valence-corrected chi connectivity index (χ1v) is 11.7. The normalized spacial score (nSPS) is 17.2. The van der Waals surface area contributed by atoms with E-state index in [1.807, 2.05) is 42.5 Å². The van der Waals surface area contributed by atoms with Crippen molar-refractivity contribution in [2.24, 2.45) is 0 Å². The molecule has 8 nitrogen and oxygen atoms in total. The zero-order valence-corrected chi connectivity index (χ0v) is 19.0. The van der Waals surface area contributed by atoms with Gasteiger partial charge in [-0.25, -0.2) is 4.79 Å². The highest BCUT2D eigenvalue weighted by Crippen LogP contribution is 2.42. The molecule has 0 spiro atoms. The van der Waals surface area contributed by atoms with E-state index in [0.29, 0.717) is 17.0 Å². The van der Waals surface area contributed by atoms with E-state index in [0.717, 1.165) is 11.1 Å². The highest BCUT2D eigenvalue weighted by molar-refractivity contribution is 7.99. The Bertz CT molecular complexity index is 1140. The zero-order valence-electron chi connectivity index (χ0n) is 18.2. The molecule has 1 aliphatic heterocycles. The summed E-state index contributed by atoms with van der Waals surface area (Å²) >= 11 is 1.48. The van der Waals surface area contributed by atoms with E-state index < -0.39 is 18.1 Å². The third-order valence-corrected chi connectivity index (χ3v) is 6.61. The summed E-state index contributed by atoms with van der Waals surface area (Å²) in [5, 5.41) is 11.4. The van der Waals surface area contributed by atoms with E-state index in [4.69, 9.17) is 9.84 Å². The van der Waals surface area contributed by atoms with E-state index >= 15 is 0 Å². The van der Waals surface area contributed by atoms with Gasteiger partial charge in [0.25, 0.3) is 0 Å². The second-order valence-corrected chi connectivity index (χ2v) is 8.80. The summed E-state index contributed by atoms with van der Waals surface area (Å²) in [7, 11) is 0. The Morgan fingerprint density at radius 3 is 2.38 bits per heavy atom. The molecular weight excluding hydrogens is 454 g/mol. The molecule has 2 heterocycles. The van der Waals surface area contributed by atoms with Crippen molar-refractivity contribution < 1.29 is 24.2 Å². The Morgan fingerprint density at radius 1 is 1.00 bits per heavy atom. The van der Waals surface area contributed by atoms with Gasteiger partial charge in [0.05, 0.1) is 6.42 Å². The second kappa shape index (κ2) is 10.8. The highest BCUT2D eigenvalue weighted by atomic mass is 32.2. The van der Waals surface area contributed by atoms with Gasteiger partial charge in [0.1, 0.15) is 18.0 Å². The van der Waals surface area contributed by atoms with Crippen LogP contribution >= 0.6 is 11.8 Å². The first kappa shape index (κ1) is 23.3. The maximum Gasteiger partial charge on any atom is 0.412 e. The minimum absolute atomic E-state index is 0.0951. The molecule has 1 aliphatic rings. The van der Waals surface area contributed by atoms with Crippen molar-refractivity contribution in [2.45, 2.75) is 24.4 Å². The lowest BCUT2D eigenvalue weighted by atomic mass is 10.1. The molecule has 0 aliphatic carbocycles. The van der Waals surface area contributed by atoms with E-state index in [1.54, 1.807) is 36.7 Å². The van der Waals surface area contributed by atoms with Crippen LogP contribution in [0.1, 0.15) is 22.1 Å². The Balaban J connectivity index is 1.50. The number of ether oxygens (including phenoxy) is 1. The summed E-state index contributed by atoms with van der Waals surface area (Å²) in [6.45, 7) is 0.100. The van der Waals surface area contributed by atoms with E-state index in [1.165, 1.54) is 16.7 Å². The lowest BCUT2D eigenvalue weighted by molar-refractivity contribution is -0.136. The van der Waals surface area contributed by atoms with E-state index in [9.17, 15) is 14.4 Å². The molecule has 2 atom stereocenters. The van der Waals surface area contributed by atoms with Crippen molar-refractivity contribution in [3.8, 4) is 0 Å². The van der Waals surface area contributed by atoms with Gasteiger partial charge in [-0.05, 0) is 41.0 Å². The lowest BCUT2D eigenvalue weighted by Crippen LogP contribution is -2.45. The first-order valence-electron chi connectivity index (χ1n) is 10.6. The van der Waals surface area contributed by atoms with Gasteiger partial charge in [-0.2, -0.15) is 0 Å². The fourth-order valence-corrected chi connectivity index (χ4v) is 5.04. The Labute approximate surface area is 201 Å². The van der Waals surface area contributed by atoms with Gasteiger partial charge in [0.15, 0.2) is 0 Å². The molecule has 174 valence electrons. The van der Waals surface area contributed by atoms with Crippen LogP contribution in [0.5, 0.6) is 0 Å². The maximum absolute atomic E-state index is 13.2. The van der Waals surface area contributed by atoms with Crippen LogP contribution in [0.15, 0.2) is 79.1 Å². The third-order valence-electron chi connectivity index (χ3n) is 5.29. The van der Waals surface area contributed by atoms with Crippen LogP contribution in [-0.2, 0) is 27.4 Å². The molecule has 2 amide bonds. The number of anilines is 1. The topological polar surface area (TPSA) is 109 Å². The number of nitrogens with one attached hydrogen (secondary N) is 1. The van der Waals surface area contributed by atoms with Gasteiger partial charge in [-0.1, -0.05) is 42.5 Å². The van der Waals surface area contributed by atoms with Crippen LogP contribution in [0.4, 0.5) is 10.5 Å². The van der Waals surface area contributed by atoms with Gasteiger partial charge in [0, 0.05) is 23.8 Å². The molecule has 2 aromatic carbocycles. The van der Waals surface area contributed by atoms with Gasteiger partial charge < -0.3 is 15.2 Å². The fraction of sp³-hybridized carbons (Fsp3) is 0.200. The van der Waals surface area contributed by atoms with Crippen LogP contribution < -0.4 is 5.32 Å². The number of hydrogen-bond acceptors (Lipinski definition) is 6. The quantitative estimate of drug-likeness (QED) is 0.527. The lowest BCUT2D eigenvalue weighted by Gasteiger charge is -2.28. The third kappa shape index (κ3) is 5.74. The summed E-state index contributed by atoms with van der Waals surface area (Å²) < 4.78 is 5.57. The molecule has 1 aromatic heterocycles. The number of carbonyl (C=O) groups is 3. The van der Waals surface area contributed by atoms with Crippen LogP contribution in [0, 0.1) is 0 Å². The average Bonchev–Trinajstić information content (AvgIpc) is 3.30. The van der Waals surface area contributed by atoms with Crippen LogP contribution in [0.2, 0.25) is 0 Å². The molecule has 2 N–H and O–H groups in total. The minimum atomic E-state index is -0.924. The number of nitrogens with zero attached hydrogens (tertiary/aromatic N) is 2. The summed E-state index contributed by atoms with van der Waals surface area (Å²) in [5.74, 6) is -0.866. The van der Waals surface area contributed by atoms with Gasteiger partial charge in [0.2, 0.25) is 5.91 Å². The summed E-state index contributed by atoms with van der Waals surface area (Å²) in [5.41, 5.74) is 2.86. The van der Waals surface area contributed by atoms with E-state index in [2.05, 4.69) is 10.3 Å². The summed E-state index contributed by atoms with van der Waals surface area (Å²) in [4.78, 5) is 42.7. The first-order chi connectivity index (χ1) is 16.5. The van der Waals surface area contributed by atoms with Crippen molar-refractivity contribution in [2.75, 3.05) is 11.1 Å². The molecular formula is C25H23N3O5S. The predicted molar refractivity (Wildman–Crippen MR) is 128 cm³/mol. The van der Waals surface area contributed by atoms with Crippen LogP contribution in [0.25, 0.3) is 0 Å². The SMILES string of the molecule is O=C(O)Cc1ccc(NC(=O)C2CSC(c3ccncc3)N2C(=O)OCc2ccccc2)cc1. The number of carbonyl (C=O) groups excluding carboxylic acids is 2. The molecule has 34 heavy (non-hydrogen) atoms. The Morgan fingerprint density at radius 2 is 1.71 bits per heavy atom. The molecule has 9 heteroatoms. The molecule has 0 bridgehead atoms. The average molecular weight is 478 g/mol. The van der Waals surface area contributed by atoms with Gasteiger partial charge in [-0.3, -0.25) is 19.5 Å². The number of carboxylic acids is 1. The molecule has 0 radical (unpaired) electrons.